The van der Waals surface area contributed by atoms with Gasteiger partial charge in [0.25, 0.3) is 0 Å². The van der Waals surface area contributed by atoms with Gasteiger partial charge in [-0.1, -0.05) is 13.8 Å². The number of ether oxygens (including phenoxy) is 1. The Hall–Kier alpha value is -1.59. The maximum absolute atomic E-state index is 11.3. The molecule has 16 heavy (non-hydrogen) atoms. The Balaban J connectivity index is 4.24. The third-order valence-electron chi connectivity index (χ3n) is 1.91. The van der Waals surface area contributed by atoms with Crippen molar-refractivity contribution in [2.45, 2.75) is 26.8 Å². The molecule has 6 nitrogen and oxygen atoms in total. The van der Waals surface area contributed by atoms with Crippen LogP contribution in [0.15, 0.2) is 0 Å². The van der Waals surface area contributed by atoms with Crippen LogP contribution in [0.25, 0.3) is 0 Å². The van der Waals surface area contributed by atoms with Crippen LogP contribution in [0.5, 0.6) is 0 Å². The third-order valence-corrected chi connectivity index (χ3v) is 1.91. The van der Waals surface area contributed by atoms with Crippen LogP contribution in [0.2, 0.25) is 0 Å². The van der Waals surface area contributed by atoms with E-state index in [1.165, 1.54) is 14.0 Å². The van der Waals surface area contributed by atoms with E-state index >= 15 is 0 Å². The number of rotatable bonds is 5. The lowest BCUT2D eigenvalue weighted by Crippen LogP contribution is -2.49. The molecule has 0 aliphatic carbocycles. The lowest BCUT2D eigenvalue weighted by atomic mass is 10.1. The summed E-state index contributed by atoms with van der Waals surface area (Å²) in [5.41, 5.74) is 0. The summed E-state index contributed by atoms with van der Waals surface area (Å²) in [7, 11) is 1.26. The standard InChI is InChI=1S/C10H18N2O4/c1-6(2)8(9(14)16-4)12-10(15)11-5-7(3)13/h6,8H,5H2,1-4H3,(H2,11,12,15). The van der Waals surface area contributed by atoms with Crippen LogP contribution in [0, 0.1) is 5.92 Å². The average molecular weight is 230 g/mol. The molecule has 0 radical (unpaired) electrons. The molecule has 0 rings (SSSR count). The molecular formula is C10H18N2O4. The molecule has 0 bridgehead atoms. The van der Waals surface area contributed by atoms with Crippen LogP contribution in [0.1, 0.15) is 20.8 Å². The monoisotopic (exact) mass is 230 g/mol. The second-order valence-corrected chi connectivity index (χ2v) is 3.77. The number of Topliss-reactive ketones (excluding diaryl/α,β-unsaturated/α-hetero) is 1. The molecule has 0 aliphatic heterocycles. The SMILES string of the molecule is COC(=O)C(NC(=O)NCC(C)=O)C(C)C. The number of nitrogens with one attached hydrogen (secondary N) is 2. The van der Waals surface area contributed by atoms with Gasteiger partial charge in [-0.15, -0.1) is 0 Å². The number of methoxy groups -OCH3 is 1. The molecular weight excluding hydrogens is 212 g/mol. The molecule has 2 amide bonds. The number of carbonyl (C=O) groups is 3. The van der Waals surface area contributed by atoms with E-state index in [1.807, 2.05) is 0 Å². The molecule has 0 aromatic carbocycles. The summed E-state index contributed by atoms with van der Waals surface area (Å²) in [5.74, 6) is -0.752. The predicted octanol–water partition coefficient (Wildman–Crippen LogP) is 0.0722. The second kappa shape index (κ2) is 6.81. The summed E-state index contributed by atoms with van der Waals surface area (Å²) in [5, 5.41) is 4.78. The van der Waals surface area contributed by atoms with Crippen LogP contribution in [-0.4, -0.2) is 37.5 Å². The van der Waals surface area contributed by atoms with Crippen molar-refractivity contribution in [3.63, 3.8) is 0 Å². The summed E-state index contributed by atoms with van der Waals surface area (Å²) < 4.78 is 4.55. The number of urea groups is 1. The van der Waals surface area contributed by atoms with Crippen molar-refractivity contribution in [1.29, 1.82) is 0 Å². The van der Waals surface area contributed by atoms with Gasteiger partial charge in [-0.3, -0.25) is 4.79 Å². The molecule has 0 saturated heterocycles. The lowest BCUT2D eigenvalue weighted by molar-refractivity contribution is -0.143. The first-order valence-electron chi connectivity index (χ1n) is 5.00. The van der Waals surface area contributed by atoms with Crippen LogP contribution in [-0.2, 0) is 14.3 Å². The number of hydrogen-bond donors (Lipinski definition) is 2. The van der Waals surface area contributed by atoms with Gasteiger partial charge in [0.15, 0.2) is 0 Å². The molecule has 6 heteroatoms. The minimum absolute atomic E-state index is 0.0577. The first-order valence-corrected chi connectivity index (χ1v) is 5.00. The van der Waals surface area contributed by atoms with E-state index in [0.717, 1.165) is 0 Å². The van der Waals surface area contributed by atoms with Crippen LogP contribution in [0.3, 0.4) is 0 Å². The highest BCUT2D eigenvalue weighted by Crippen LogP contribution is 2.02. The van der Waals surface area contributed by atoms with E-state index in [-0.39, 0.29) is 18.2 Å². The van der Waals surface area contributed by atoms with Crippen molar-refractivity contribution in [2.24, 2.45) is 5.92 Å². The van der Waals surface area contributed by atoms with Gasteiger partial charge >= 0.3 is 12.0 Å². The zero-order valence-corrected chi connectivity index (χ0v) is 9.99. The molecule has 0 saturated carbocycles. The van der Waals surface area contributed by atoms with E-state index in [0.29, 0.717) is 0 Å². The topological polar surface area (TPSA) is 84.5 Å². The van der Waals surface area contributed by atoms with Crippen molar-refractivity contribution < 1.29 is 19.1 Å². The maximum atomic E-state index is 11.3. The number of hydrogen-bond acceptors (Lipinski definition) is 4. The van der Waals surface area contributed by atoms with Gasteiger partial charge < -0.3 is 15.4 Å². The molecule has 0 heterocycles. The van der Waals surface area contributed by atoms with Crippen molar-refractivity contribution in [3.05, 3.63) is 0 Å². The van der Waals surface area contributed by atoms with Gasteiger partial charge in [-0.05, 0) is 12.8 Å². The van der Waals surface area contributed by atoms with Gasteiger partial charge in [-0.25, -0.2) is 9.59 Å². The molecule has 1 atom stereocenters. The van der Waals surface area contributed by atoms with E-state index in [1.54, 1.807) is 13.8 Å². The number of carbonyl (C=O) groups excluding carboxylic acids is 3. The summed E-state index contributed by atoms with van der Waals surface area (Å²) >= 11 is 0. The zero-order chi connectivity index (χ0) is 12.7. The fraction of sp³-hybridized carbons (Fsp3) is 0.700. The van der Waals surface area contributed by atoms with Crippen molar-refractivity contribution >= 4 is 17.8 Å². The first-order chi connectivity index (χ1) is 7.38. The number of ketones is 1. The molecule has 0 aliphatic rings. The van der Waals surface area contributed by atoms with Crippen LogP contribution < -0.4 is 10.6 Å². The van der Waals surface area contributed by atoms with Gasteiger partial charge in [0, 0.05) is 0 Å². The Morgan fingerprint density at radius 1 is 1.25 bits per heavy atom. The summed E-state index contributed by atoms with van der Waals surface area (Å²) in [4.78, 5) is 33.2. The van der Waals surface area contributed by atoms with Crippen molar-refractivity contribution in [1.82, 2.24) is 10.6 Å². The highest BCUT2D eigenvalue weighted by Gasteiger charge is 2.24. The highest BCUT2D eigenvalue weighted by atomic mass is 16.5. The fourth-order valence-electron chi connectivity index (χ4n) is 1.02. The van der Waals surface area contributed by atoms with E-state index in [9.17, 15) is 14.4 Å². The Bertz CT molecular complexity index is 276. The minimum Gasteiger partial charge on any atom is -0.467 e. The fourth-order valence-corrected chi connectivity index (χ4v) is 1.02. The van der Waals surface area contributed by atoms with Gasteiger partial charge in [-0.2, -0.15) is 0 Å². The smallest absolute Gasteiger partial charge is 0.328 e. The minimum atomic E-state index is -0.711. The first kappa shape index (κ1) is 14.4. The largest absolute Gasteiger partial charge is 0.467 e. The Morgan fingerprint density at radius 2 is 1.81 bits per heavy atom. The van der Waals surface area contributed by atoms with Gasteiger partial charge in [0.05, 0.1) is 13.7 Å². The molecule has 1 unspecified atom stereocenters. The average Bonchev–Trinajstić information content (AvgIpc) is 2.21. The molecule has 2 N–H and O–H groups in total. The molecule has 0 aromatic heterocycles. The Labute approximate surface area is 94.7 Å². The lowest BCUT2D eigenvalue weighted by Gasteiger charge is -2.19. The van der Waals surface area contributed by atoms with E-state index in [4.69, 9.17) is 0 Å². The highest BCUT2D eigenvalue weighted by molar-refractivity contribution is 5.86. The molecule has 92 valence electrons. The summed E-state index contributed by atoms with van der Waals surface area (Å²) in [6.07, 6.45) is 0. The van der Waals surface area contributed by atoms with Crippen LogP contribution in [0.4, 0.5) is 4.79 Å². The van der Waals surface area contributed by atoms with Gasteiger partial charge in [0.2, 0.25) is 0 Å². The van der Waals surface area contributed by atoms with E-state index in [2.05, 4.69) is 15.4 Å². The zero-order valence-electron chi connectivity index (χ0n) is 9.99. The predicted molar refractivity (Wildman–Crippen MR) is 57.9 cm³/mol. The maximum Gasteiger partial charge on any atom is 0.328 e. The normalized spacial score (nSPS) is 11.8. The van der Waals surface area contributed by atoms with Crippen molar-refractivity contribution in [2.75, 3.05) is 13.7 Å². The summed E-state index contributed by atoms with van der Waals surface area (Å²) in [6, 6.07) is -1.27. The molecule has 0 fully saturated rings. The van der Waals surface area contributed by atoms with Gasteiger partial charge in [0.1, 0.15) is 11.8 Å². The number of esters is 1. The van der Waals surface area contributed by atoms with Crippen LogP contribution >= 0.6 is 0 Å². The third kappa shape index (κ3) is 5.33. The Morgan fingerprint density at radius 3 is 2.19 bits per heavy atom. The second-order valence-electron chi connectivity index (χ2n) is 3.77. The quantitative estimate of drug-likeness (QED) is 0.655. The number of amides is 2. The Kier molecular flexibility index (Phi) is 6.14. The summed E-state index contributed by atoms with van der Waals surface area (Å²) in [6.45, 7) is 4.87. The molecule has 0 spiro atoms. The van der Waals surface area contributed by atoms with E-state index < -0.39 is 18.0 Å². The molecule has 0 aromatic rings. The van der Waals surface area contributed by atoms with Crippen molar-refractivity contribution in [3.8, 4) is 0 Å².